The van der Waals surface area contributed by atoms with Gasteiger partial charge in [0.25, 0.3) is 0 Å². The maximum atomic E-state index is 13.2. The normalized spacial score (nSPS) is 13.3. The zero-order valence-corrected chi connectivity index (χ0v) is 21.6. The van der Waals surface area contributed by atoms with Gasteiger partial charge in [0.2, 0.25) is 28.6 Å². The Morgan fingerprint density at radius 1 is 1.11 bits per heavy atom. The van der Waals surface area contributed by atoms with Crippen LogP contribution in [0.5, 0.6) is 11.5 Å². The first kappa shape index (κ1) is 26.6. The maximum Gasteiger partial charge on any atom is 0.242 e. The van der Waals surface area contributed by atoms with E-state index in [0.717, 1.165) is 11.8 Å². The summed E-state index contributed by atoms with van der Waals surface area (Å²) in [6.07, 6.45) is 1.44. The summed E-state index contributed by atoms with van der Waals surface area (Å²) >= 11 is 5.97. The molecule has 0 saturated heterocycles. The molecule has 2 amide bonds. The van der Waals surface area contributed by atoms with Crippen LogP contribution < -0.4 is 19.1 Å². The van der Waals surface area contributed by atoms with Crippen molar-refractivity contribution in [2.24, 2.45) is 0 Å². The molecule has 0 saturated carbocycles. The molecule has 0 fully saturated rings. The van der Waals surface area contributed by atoms with Gasteiger partial charge in [-0.3, -0.25) is 13.9 Å². The highest BCUT2D eigenvalue weighted by molar-refractivity contribution is 7.92. The lowest BCUT2D eigenvalue weighted by atomic mass is 10.1. The molecule has 1 N–H and O–H groups in total. The van der Waals surface area contributed by atoms with E-state index in [1.54, 1.807) is 49.4 Å². The molecule has 0 unspecified atom stereocenters. The zero-order valence-electron chi connectivity index (χ0n) is 20.0. The second-order valence-corrected chi connectivity index (χ2v) is 10.5. The predicted octanol–water partition coefficient (Wildman–Crippen LogP) is 3.17. The minimum absolute atomic E-state index is 0.0634. The fourth-order valence-corrected chi connectivity index (χ4v) is 4.82. The molecule has 11 heteroatoms. The lowest BCUT2D eigenvalue weighted by molar-refractivity contribution is -0.140. The highest BCUT2D eigenvalue weighted by Gasteiger charge is 2.27. The third-order valence-corrected chi connectivity index (χ3v) is 7.03. The molecule has 190 valence electrons. The third kappa shape index (κ3) is 7.02. The highest BCUT2D eigenvalue weighted by atomic mass is 35.5. The van der Waals surface area contributed by atoms with Crippen LogP contribution in [0.2, 0.25) is 5.02 Å². The van der Waals surface area contributed by atoms with Crippen molar-refractivity contribution in [3.8, 4) is 11.5 Å². The number of nitrogens with one attached hydrogen (secondary N) is 1. The van der Waals surface area contributed by atoms with E-state index < -0.39 is 16.1 Å². The number of benzene rings is 2. The van der Waals surface area contributed by atoms with Gasteiger partial charge in [0.15, 0.2) is 11.5 Å². The topological polar surface area (TPSA) is 105 Å². The number of sulfonamides is 1. The SMILES string of the molecule is CCNC(=O)[C@H](C)N(Cc1ccc(Cl)cc1)C(=O)CCCN(c1ccc2c(c1)OCO2)S(C)(=O)=O. The Morgan fingerprint density at radius 2 is 1.80 bits per heavy atom. The Hall–Kier alpha value is -2.98. The molecule has 1 aliphatic heterocycles. The number of hydrogen-bond donors (Lipinski definition) is 1. The summed E-state index contributed by atoms with van der Waals surface area (Å²) in [6.45, 7) is 4.34. The number of likely N-dealkylation sites (N-methyl/N-ethyl adjacent to an activating group) is 1. The second-order valence-electron chi connectivity index (χ2n) is 8.19. The third-order valence-electron chi connectivity index (χ3n) is 5.58. The number of ether oxygens (including phenoxy) is 2. The molecule has 3 rings (SSSR count). The first-order valence-corrected chi connectivity index (χ1v) is 13.5. The first-order valence-electron chi connectivity index (χ1n) is 11.3. The Kier molecular flexibility index (Phi) is 8.85. The van der Waals surface area contributed by atoms with E-state index in [-0.39, 0.29) is 44.5 Å². The van der Waals surface area contributed by atoms with Crippen molar-refractivity contribution in [1.29, 1.82) is 0 Å². The number of amides is 2. The molecule has 0 aliphatic carbocycles. The van der Waals surface area contributed by atoms with Gasteiger partial charge >= 0.3 is 0 Å². The van der Waals surface area contributed by atoms with Crippen LogP contribution in [-0.2, 0) is 26.2 Å². The van der Waals surface area contributed by atoms with Crippen LogP contribution in [0.25, 0.3) is 0 Å². The highest BCUT2D eigenvalue weighted by Crippen LogP contribution is 2.36. The molecule has 2 aromatic rings. The van der Waals surface area contributed by atoms with Crippen LogP contribution in [0.1, 0.15) is 32.3 Å². The summed E-state index contributed by atoms with van der Waals surface area (Å²) in [5.74, 6) is 0.512. The number of carbonyl (C=O) groups excluding carboxylic acids is 2. The zero-order chi connectivity index (χ0) is 25.6. The second kappa shape index (κ2) is 11.6. The average molecular weight is 524 g/mol. The summed E-state index contributed by atoms with van der Waals surface area (Å²) in [7, 11) is -3.61. The summed E-state index contributed by atoms with van der Waals surface area (Å²) in [4.78, 5) is 27.2. The lowest BCUT2D eigenvalue weighted by Gasteiger charge is -2.29. The monoisotopic (exact) mass is 523 g/mol. The quantitative estimate of drug-likeness (QED) is 0.485. The minimum atomic E-state index is -3.61. The van der Waals surface area contributed by atoms with Crippen molar-refractivity contribution in [2.45, 2.75) is 39.3 Å². The van der Waals surface area contributed by atoms with Gasteiger partial charge in [-0.15, -0.1) is 0 Å². The largest absolute Gasteiger partial charge is 0.454 e. The van der Waals surface area contributed by atoms with Gasteiger partial charge in [0.1, 0.15) is 6.04 Å². The number of fused-ring (bicyclic) bond motifs is 1. The maximum absolute atomic E-state index is 13.2. The molecular formula is C24H30ClN3O6S. The van der Waals surface area contributed by atoms with E-state index in [9.17, 15) is 18.0 Å². The molecule has 9 nitrogen and oxygen atoms in total. The number of halogens is 1. The Bertz CT molecular complexity index is 1160. The van der Waals surface area contributed by atoms with Crippen molar-refractivity contribution in [3.63, 3.8) is 0 Å². The number of anilines is 1. The van der Waals surface area contributed by atoms with Crippen molar-refractivity contribution in [1.82, 2.24) is 10.2 Å². The Balaban J connectivity index is 1.71. The van der Waals surface area contributed by atoms with Crippen LogP contribution in [0.15, 0.2) is 42.5 Å². The van der Waals surface area contributed by atoms with Crippen LogP contribution in [0.3, 0.4) is 0 Å². The van der Waals surface area contributed by atoms with Crippen LogP contribution >= 0.6 is 11.6 Å². The number of nitrogens with zero attached hydrogens (tertiary/aromatic N) is 2. The van der Waals surface area contributed by atoms with Gasteiger partial charge in [-0.25, -0.2) is 8.42 Å². The molecule has 35 heavy (non-hydrogen) atoms. The molecule has 1 aliphatic rings. The Morgan fingerprint density at radius 3 is 2.46 bits per heavy atom. The number of carbonyl (C=O) groups is 2. The molecule has 0 bridgehead atoms. The van der Waals surface area contributed by atoms with E-state index in [1.165, 1.54) is 9.21 Å². The van der Waals surface area contributed by atoms with E-state index in [2.05, 4.69) is 5.32 Å². The van der Waals surface area contributed by atoms with E-state index in [1.807, 2.05) is 6.92 Å². The van der Waals surface area contributed by atoms with Crippen LogP contribution in [0.4, 0.5) is 5.69 Å². The lowest BCUT2D eigenvalue weighted by Crippen LogP contribution is -2.47. The van der Waals surface area contributed by atoms with Crippen molar-refractivity contribution in [2.75, 3.05) is 30.4 Å². The number of rotatable bonds is 11. The molecule has 0 spiro atoms. The van der Waals surface area contributed by atoms with E-state index in [4.69, 9.17) is 21.1 Å². The van der Waals surface area contributed by atoms with Crippen molar-refractivity contribution in [3.05, 3.63) is 53.1 Å². The molecule has 0 aromatic heterocycles. The molecule has 0 radical (unpaired) electrons. The van der Waals surface area contributed by atoms with Crippen LogP contribution in [-0.4, -0.2) is 57.3 Å². The van der Waals surface area contributed by atoms with Gasteiger partial charge in [-0.05, 0) is 50.1 Å². The summed E-state index contributed by atoms with van der Waals surface area (Å²) in [6, 6.07) is 11.3. The van der Waals surface area contributed by atoms with E-state index in [0.29, 0.717) is 28.8 Å². The molecule has 1 atom stereocenters. The van der Waals surface area contributed by atoms with E-state index >= 15 is 0 Å². The fraction of sp³-hybridized carbons (Fsp3) is 0.417. The van der Waals surface area contributed by atoms with Gasteiger partial charge in [0.05, 0.1) is 11.9 Å². The predicted molar refractivity (Wildman–Crippen MR) is 134 cm³/mol. The van der Waals surface area contributed by atoms with Crippen LogP contribution in [0, 0.1) is 0 Å². The summed E-state index contributed by atoms with van der Waals surface area (Å²) in [5, 5.41) is 3.32. The number of hydrogen-bond acceptors (Lipinski definition) is 6. The minimum Gasteiger partial charge on any atom is -0.454 e. The average Bonchev–Trinajstić information content (AvgIpc) is 3.28. The van der Waals surface area contributed by atoms with Gasteiger partial charge in [-0.2, -0.15) is 0 Å². The van der Waals surface area contributed by atoms with Crippen molar-refractivity contribution >= 4 is 39.1 Å². The van der Waals surface area contributed by atoms with Gasteiger partial charge in [-0.1, -0.05) is 23.7 Å². The smallest absolute Gasteiger partial charge is 0.242 e. The molecule has 2 aromatic carbocycles. The Labute approximate surface area is 211 Å². The standard InChI is InChI=1S/C24H30ClN3O6S/c1-4-26-24(30)17(2)27(15-18-7-9-19(25)10-8-18)23(29)6-5-13-28(35(3,31)32)20-11-12-21-22(14-20)34-16-33-21/h7-12,14,17H,4-6,13,15-16H2,1-3H3,(H,26,30)/t17-/m0/s1. The summed E-state index contributed by atoms with van der Waals surface area (Å²) in [5.41, 5.74) is 1.26. The first-order chi connectivity index (χ1) is 16.6. The van der Waals surface area contributed by atoms with Gasteiger partial charge in [0, 0.05) is 37.1 Å². The fourth-order valence-electron chi connectivity index (χ4n) is 3.74. The molecular weight excluding hydrogens is 494 g/mol. The van der Waals surface area contributed by atoms with Crippen molar-refractivity contribution < 1.29 is 27.5 Å². The summed E-state index contributed by atoms with van der Waals surface area (Å²) < 4.78 is 36.8. The van der Waals surface area contributed by atoms with Gasteiger partial charge < -0.3 is 19.7 Å². The molecule has 1 heterocycles.